The van der Waals surface area contributed by atoms with Gasteiger partial charge < -0.3 is 20.3 Å². The highest BCUT2D eigenvalue weighted by molar-refractivity contribution is 6.03. The molecule has 0 fully saturated rings. The van der Waals surface area contributed by atoms with E-state index in [1.165, 1.54) is 0 Å². The smallest absolute Gasteiger partial charge is 0.331 e. The summed E-state index contributed by atoms with van der Waals surface area (Å²) >= 11 is 0. The molecule has 2 aromatic heterocycles. The third kappa shape index (κ3) is 3.09. The first-order valence-corrected chi connectivity index (χ1v) is 9.03. The van der Waals surface area contributed by atoms with Gasteiger partial charge in [0.15, 0.2) is 0 Å². The predicted molar refractivity (Wildman–Crippen MR) is 105 cm³/mol. The van der Waals surface area contributed by atoms with E-state index >= 15 is 0 Å². The van der Waals surface area contributed by atoms with E-state index < -0.39 is 11.2 Å². The summed E-state index contributed by atoms with van der Waals surface area (Å²) in [5, 5.41) is 15.9. The number of methoxy groups -OCH3 is 1. The number of ether oxygens (including phenoxy) is 1. The SMILES string of the molecule is COCCCn1c(O)c(C2=NN[C@@H](c3c[nH]c4ccccc34)C2)c(=O)[nH]c1=O. The molecule has 4 rings (SSSR count). The number of nitrogens with zero attached hydrogens (tertiary/aromatic N) is 2. The molecular weight excluding hydrogens is 362 g/mol. The molecular formula is C19H21N5O4. The number of fused-ring (bicyclic) bond motifs is 1. The quantitative estimate of drug-likeness (QED) is 0.476. The number of benzene rings is 1. The van der Waals surface area contributed by atoms with Gasteiger partial charge >= 0.3 is 5.69 Å². The van der Waals surface area contributed by atoms with Gasteiger partial charge in [0.05, 0.1) is 11.8 Å². The molecule has 1 aromatic carbocycles. The lowest BCUT2D eigenvalue weighted by molar-refractivity contribution is 0.188. The average molecular weight is 383 g/mol. The Morgan fingerprint density at radius 3 is 2.96 bits per heavy atom. The van der Waals surface area contributed by atoms with Crippen LogP contribution < -0.4 is 16.7 Å². The fraction of sp³-hybridized carbons (Fsp3) is 0.316. The number of rotatable bonds is 6. The van der Waals surface area contributed by atoms with Gasteiger partial charge in [-0.15, -0.1) is 0 Å². The van der Waals surface area contributed by atoms with Gasteiger partial charge in [0, 0.05) is 49.3 Å². The van der Waals surface area contributed by atoms with Crippen LogP contribution in [0, 0.1) is 0 Å². The van der Waals surface area contributed by atoms with Gasteiger partial charge in [-0.05, 0) is 12.5 Å². The highest BCUT2D eigenvalue weighted by Crippen LogP contribution is 2.30. The van der Waals surface area contributed by atoms with Crippen molar-refractivity contribution in [2.75, 3.05) is 13.7 Å². The van der Waals surface area contributed by atoms with Crippen molar-refractivity contribution in [2.24, 2.45) is 5.10 Å². The number of para-hydroxylation sites is 1. The van der Waals surface area contributed by atoms with E-state index in [2.05, 4.69) is 20.5 Å². The molecule has 3 aromatic rings. The first-order valence-electron chi connectivity index (χ1n) is 9.03. The fourth-order valence-corrected chi connectivity index (χ4v) is 3.55. The van der Waals surface area contributed by atoms with Crippen LogP contribution in [0.5, 0.6) is 5.88 Å². The Morgan fingerprint density at radius 1 is 1.32 bits per heavy atom. The van der Waals surface area contributed by atoms with Crippen molar-refractivity contribution in [2.45, 2.75) is 25.4 Å². The topological polar surface area (TPSA) is 124 Å². The number of aromatic nitrogens is 3. The van der Waals surface area contributed by atoms with Gasteiger partial charge in [-0.3, -0.25) is 14.3 Å². The van der Waals surface area contributed by atoms with Crippen LogP contribution in [0.3, 0.4) is 0 Å². The summed E-state index contributed by atoms with van der Waals surface area (Å²) in [4.78, 5) is 29.9. The summed E-state index contributed by atoms with van der Waals surface area (Å²) in [5.41, 5.74) is 4.21. The van der Waals surface area contributed by atoms with Crippen LogP contribution in [0.2, 0.25) is 0 Å². The molecule has 9 heteroatoms. The summed E-state index contributed by atoms with van der Waals surface area (Å²) < 4.78 is 6.12. The van der Waals surface area contributed by atoms with Crippen LogP contribution in [0.15, 0.2) is 45.2 Å². The second-order valence-corrected chi connectivity index (χ2v) is 6.69. The molecule has 0 radical (unpaired) electrons. The molecule has 0 saturated carbocycles. The minimum Gasteiger partial charge on any atom is -0.494 e. The molecule has 0 unspecified atom stereocenters. The molecule has 146 valence electrons. The number of aromatic amines is 2. The van der Waals surface area contributed by atoms with Crippen molar-refractivity contribution in [3.63, 3.8) is 0 Å². The summed E-state index contributed by atoms with van der Waals surface area (Å²) in [6.45, 7) is 0.667. The van der Waals surface area contributed by atoms with Gasteiger partial charge in [0.2, 0.25) is 5.88 Å². The number of hydrazone groups is 1. The third-order valence-corrected chi connectivity index (χ3v) is 4.94. The number of hydrogen-bond acceptors (Lipinski definition) is 6. The van der Waals surface area contributed by atoms with E-state index in [0.29, 0.717) is 25.2 Å². The van der Waals surface area contributed by atoms with Gasteiger partial charge in [-0.2, -0.15) is 5.10 Å². The summed E-state index contributed by atoms with van der Waals surface area (Å²) in [6.07, 6.45) is 2.85. The van der Waals surface area contributed by atoms with Gasteiger partial charge in [0.25, 0.3) is 5.56 Å². The average Bonchev–Trinajstić information content (AvgIpc) is 3.31. The van der Waals surface area contributed by atoms with Gasteiger partial charge in [-0.25, -0.2) is 4.79 Å². The molecule has 9 nitrogen and oxygen atoms in total. The van der Waals surface area contributed by atoms with Crippen LogP contribution >= 0.6 is 0 Å². The maximum Gasteiger partial charge on any atom is 0.331 e. The standard InChI is InChI=1S/C19H21N5O4/c1-28-8-4-7-24-18(26)16(17(25)21-19(24)27)15-9-14(22-23-15)12-10-20-13-6-3-2-5-11(12)13/h2-3,5-6,10,14,20,22,26H,4,7-9H2,1H3,(H,21,25,27)/t14-/m1/s1. The minimum atomic E-state index is -0.651. The van der Waals surface area contributed by atoms with Crippen molar-refractivity contribution in [1.82, 2.24) is 20.0 Å². The fourth-order valence-electron chi connectivity index (χ4n) is 3.55. The number of hydrogen-bond donors (Lipinski definition) is 4. The maximum atomic E-state index is 12.4. The van der Waals surface area contributed by atoms with E-state index in [1.54, 1.807) is 7.11 Å². The Morgan fingerprint density at radius 2 is 2.14 bits per heavy atom. The lowest BCUT2D eigenvalue weighted by Gasteiger charge is -2.11. The Kier molecular flexibility index (Phi) is 4.74. The lowest BCUT2D eigenvalue weighted by atomic mass is 9.99. The zero-order chi connectivity index (χ0) is 19.7. The third-order valence-electron chi connectivity index (χ3n) is 4.94. The molecule has 0 amide bonds. The van der Waals surface area contributed by atoms with Gasteiger partial charge in [0.1, 0.15) is 5.56 Å². The second kappa shape index (κ2) is 7.35. The van der Waals surface area contributed by atoms with Crippen LogP contribution in [-0.4, -0.2) is 39.1 Å². The molecule has 3 heterocycles. The predicted octanol–water partition coefficient (Wildman–Crippen LogP) is 1.20. The Balaban J connectivity index is 1.64. The van der Waals surface area contributed by atoms with Gasteiger partial charge in [-0.1, -0.05) is 18.2 Å². The first kappa shape index (κ1) is 18.1. The van der Waals surface area contributed by atoms with Crippen molar-refractivity contribution in [3.05, 3.63) is 62.4 Å². The molecule has 0 spiro atoms. The number of nitrogens with one attached hydrogen (secondary N) is 3. The molecule has 1 atom stereocenters. The first-order chi connectivity index (χ1) is 13.6. The second-order valence-electron chi connectivity index (χ2n) is 6.69. The summed E-state index contributed by atoms with van der Waals surface area (Å²) in [7, 11) is 1.56. The van der Waals surface area contributed by atoms with E-state index in [4.69, 9.17) is 4.74 Å². The molecule has 1 aliphatic rings. The highest BCUT2D eigenvalue weighted by atomic mass is 16.5. The van der Waals surface area contributed by atoms with Crippen molar-refractivity contribution in [1.29, 1.82) is 0 Å². The zero-order valence-electron chi connectivity index (χ0n) is 15.4. The van der Waals surface area contributed by atoms with Crippen molar-refractivity contribution >= 4 is 16.6 Å². The molecule has 4 N–H and O–H groups in total. The Hall–Kier alpha value is -3.33. The molecule has 0 aliphatic carbocycles. The summed E-state index contributed by atoms with van der Waals surface area (Å²) in [6, 6.07) is 7.78. The van der Waals surface area contributed by atoms with Crippen LogP contribution in [0.4, 0.5) is 0 Å². The molecule has 28 heavy (non-hydrogen) atoms. The van der Waals surface area contributed by atoms with E-state index in [9.17, 15) is 14.7 Å². The van der Waals surface area contributed by atoms with Crippen LogP contribution in [0.25, 0.3) is 10.9 Å². The summed E-state index contributed by atoms with van der Waals surface area (Å²) in [5.74, 6) is -0.370. The zero-order valence-corrected chi connectivity index (χ0v) is 15.4. The molecule has 0 bridgehead atoms. The minimum absolute atomic E-state index is 0.0202. The molecule has 1 aliphatic heterocycles. The van der Waals surface area contributed by atoms with E-state index in [0.717, 1.165) is 21.0 Å². The van der Waals surface area contributed by atoms with E-state index in [-0.39, 0.29) is 24.0 Å². The van der Waals surface area contributed by atoms with E-state index in [1.807, 2.05) is 30.5 Å². The Bertz CT molecular complexity index is 1160. The number of H-pyrrole nitrogens is 2. The molecule has 0 saturated heterocycles. The Labute approximate surface area is 159 Å². The maximum absolute atomic E-state index is 12.4. The highest BCUT2D eigenvalue weighted by Gasteiger charge is 2.28. The van der Waals surface area contributed by atoms with Crippen molar-refractivity contribution in [3.8, 4) is 5.88 Å². The largest absolute Gasteiger partial charge is 0.494 e. The lowest BCUT2D eigenvalue weighted by Crippen LogP contribution is -2.34. The normalized spacial score (nSPS) is 16.3. The monoisotopic (exact) mass is 383 g/mol. The number of aromatic hydroxyl groups is 1. The van der Waals surface area contributed by atoms with Crippen LogP contribution in [-0.2, 0) is 11.3 Å². The van der Waals surface area contributed by atoms with Crippen LogP contribution in [0.1, 0.15) is 30.0 Å². The van der Waals surface area contributed by atoms with Crippen molar-refractivity contribution < 1.29 is 9.84 Å².